The molecule has 0 aromatic rings. The first kappa shape index (κ1) is 20.7. The van der Waals surface area contributed by atoms with Crippen molar-refractivity contribution in [3.05, 3.63) is 0 Å². The van der Waals surface area contributed by atoms with Gasteiger partial charge in [-0.15, -0.1) is 0 Å². The first-order valence-electron chi connectivity index (χ1n) is 7.76. The van der Waals surface area contributed by atoms with Crippen LogP contribution in [0.1, 0.15) is 96.8 Å². The smallest absolute Gasteiger partial charge is 0.542 e. The zero-order valence-corrected chi connectivity index (χ0v) is 14.4. The zero-order chi connectivity index (χ0) is 12.6. The van der Waals surface area contributed by atoms with Gasteiger partial charge in [0.1, 0.15) is 0 Å². The van der Waals surface area contributed by atoms with E-state index in [4.69, 9.17) is 0 Å². The third-order valence-corrected chi connectivity index (χ3v) is 3.38. The van der Waals surface area contributed by atoms with Gasteiger partial charge in [-0.2, -0.15) is 6.42 Å². The van der Waals surface area contributed by atoms with E-state index in [-0.39, 0.29) is 21.1 Å². The van der Waals surface area contributed by atoms with Crippen LogP contribution in [0.4, 0.5) is 0 Å². The summed E-state index contributed by atoms with van der Waals surface area (Å²) in [6.07, 6.45) is 20.2. The van der Waals surface area contributed by atoms with Crippen molar-refractivity contribution in [1.82, 2.24) is 0 Å². The molecule has 0 heterocycles. The summed E-state index contributed by atoms with van der Waals surface area (Å²) in [6, 6.07) is 0. The van der Waals surface area contributed by atoms with Crippen LogP contribution in [0.25, 0.3) is 0 Å². The van der Waals surface area contributed by atoms with Gasteiger partial charge in [-0.05, 0) is 0 Å². The molecule has 18 heavy (non-hydrogen) atoms. The van der Waals surface area contributed by atoms with Crippen molar-refractivity contribution in [2.24, 2.45) is 0 Å². The summed E-state index contributed by atoms with van der Waals surface area (Å²) in [6.45, 7) is 2.27. The van der Waals surface area contributed by atoms with Gasteiger partial charge in [-0.1, -0.05) is 90.4 Å². The average molecular weight is 435 g/mol. The topological polar surface area (TPSA) is 17.1 Å². The van der Waals surface area contributed by atoms with Crippen molar-refractivity contribution in [2.75, 3.05) is 0 Å². The van der Waals surface area contributed by atoms with E-state index >= 15 is 0 Å². The van der Waals surface area contributed by atoms with Crippen molar-refractivity contribution < 1.29 is 25.9 Å². The summed E-state index contributed by atoms with van der Waals surface area (Å²) >= 11 is 0. The Labute approximate surface area is 129 Å². The molecule has 0 fully saturated rings. The predicted octanol–water partition coefficient (Wildman–Crippen LogP) is 5.57. The molecule has 0 N–H and O–H groups in total. The second kappa shape index (κ2) is 19.7. The van der Waals surface area contributed by atoms with Crippen LogP contribution < -0.4 is 0 Å². The maximum atomic E-state index is 9.98. The molecule has 2 heteroatoms. The van der Waals surface area contributed by atoms with E-state index in [2.05, 4.69) is 6.92 Å². The molecule has 0 aromatic heterocycles. The van der Waals surface area contributed by atoms with Crippen LogP contribution in [0.15, 0.2) is 0 Å². The largest absolute Gasteiger partial charge is 2.00 e. The second-order valence-electron chi connectivity index (χ2n) is 5.14. The van der Waals surface area contributed by atoms with E-state index in [0.29, 0.717) is 6.42 Å². The van der Waals surface area contributed by atoms with Crippen molar-refractivity contribution in [3.63, 3.8) is 0 Å². The van der Waals surface area contributed by atoms with Gasteiger partial charge in [-0.25, -0.2) is 0 Å². The summed E-state index contributed by atoms with van der Waals surface area (Å²) in [5.41, 5.74) is 0. The normalized spacial score (nSPS) is 10.1. The van der Waals surface area contributed by atoms with Gasteiger partial charge in [0.25, 0.3) is 0 Å². The first-order chi connectivity index (χ1) is 8.41. The Morgan fingerprint density at radius 1 is 0.611 bits per heavy atom. The molecule has 0 saturated carbocycles. The Morgan fingerprint density at radius 3 is 1.28 bits per heavy atom. The Kier molecular flexibility index (Phi) is 22.6. The minimum Gasteiger partial charge on any atom is -0.542 e. The molecule has 0 aliphatic rings. The maximum Gasteiger partial charge on any atom is 2.00 e. The quantitative estimate of drug-likeness (QED) is 0.258. The minimum absolute atomic E-state index is 0. The molecule has 0 aliphatic carbocycles. The van der Waals surface area contributed by atoms with E-state index in [0.717, 1.165) is 6.42 Å². The molecule has 0 rings (SSSR count). The summed E-state index contributed by atoms with van der Waals surface area (Å²) in [4.78, 5) is 9.98. The van der Waals surface area contributed by atoms with Crippen LogP contribution in [0.3, 0.4) is 0 Å². The number of hydrogen-bond acceptors (Lipinski definition) is 1. The van der Waals surface area contributed by atoms with Gasteiger partial charge in [0.2, 0.25) is 0 Å². The van der Waals surface area contributed by atoms with Gasteiger partial charge in [0.05, 0.1) is 0 Å². The number of unbranched alkanes of at least 4 members (excludes halogenated alkanes) is 13. The predicted molar refractivity (Wildman–Crippen MR) is 76.0 cm³/mol. The molecule has 0 saturated heterocycles. The van der Waals surface area contributed by atoms with Crippen molar-refractivity contribution >= 4 is 6.29 Å². The van der Waals surface area contributed by atoms with Crippen LogP contribution in [0.5, 0.6) is 0 Å². The maximum absolute atomic E-state index is 9.98. The van der Waals surface area contributed by atoms with Crippen LogP contribution in [0.2, 0.25) is 0 Å². The first-order valence-corrected chi connectivity index (χ1v) is 7.76. The summed E-state index contributed by atoms with van der Waals surface area (Å²) < 4.78 is 0. The molecule has 0 radical (unpaired) electrons. The number of hydrogen-bond donors (Lipinski definition) is 0. The Balaban J connectivity index is 0. The molecule has 0 unspecified atom stereocenters. The molecule has 0 bridgehead atoms. The summed E-state index contributed by atoms with van der Waals surface area (Å²) in [5, 5.41) is 0. The summed E-state index contributed by atoms with van der Waals surface area (Å²) in [5.74, 6) is 0. The molecular formula is C16H31OPt+. The minimum atomic E-state index is 0. The van der Waals surface area contributed by atoms with Crippen molar-refractivity contribution in [2.45, 2.75) is 96.8 Å². The van der Waals surface area contributed by atoms with E-state index < -0.39 is 0 Å². The van der Waals surface area contributed by atoms with Crippen LogP contribution in [-0.4, -0.2) is 6.29 Å². The fourth-order valence-corrected chi connectivity index (χ4v) is 2.21. The standard InChI is InChI=1S/C16H31O.Pt/c1-2-3-4-5-6-7-8-9-10-11-12-13-14-15-16-17;/h2-15H2,1H3;/q-1;+2. The SMILES string of the molecule is CCCCCCCCCCCCCCC[C-]=O.[Pt+2]. The van der Waals surface area contributed by atoms with E-state index in [1.165, 1.54) is 77.0 Å². The fraction of sp³-hybridized carbons (Fsp3) is 0.938. The van der Waals surface area contributed by atoms with Crippen molar-refractivity contribution in [1.29, 1.82) is 0 Å². The number of rotatable bonds is 14. The molecule has 1 nitrogen and oxygen atoms in total. The van der Waals surface area contributed by atoms with Crippen LogP contribution in [0, 0.1) is 0 Å². The Hall–Kier alpha value is 0.358. The van der Waals surface area contributed by atoms with Gasteiger partial charge in [0, 0.05) is 0 Å². The Bertz CT molecular complexity index is 148. The molecule has 110 valence electrons. The van der Waals surface area contributed by atoms with Crippen LogP contribution in [-0.2, 0) is 25.9 Å². The van der Waals surface area contributed by atoms with Gasteiger partial charge in [0.15, 0.2) is 0 Å². The van der Waals surface area contributed by atoms with Gasteiger partial charge in [-0.3, -0.25) is 6.29 Å². The third kappa shape index (κ3) is 18.7. The molecule has 0 amide bonds. The van der Waals surface area contributed by atoms with Gasteiger partial charge >= 0.3 is 21.1 Å². The molecule has 0 spiro atoms. The molecule has 0 aliphatic heterocycles. The molecule has 0 atom stereocenters. The third-order valence-electron chi connectivity index (χ3n) is 3.38. The second-order valence-corrected chi connectivity index (χ2v) is 5.14. The van der Waals surface area contributed by atoms with E-state index in [1.807, 2.05) is 6.29 Å². The molecular weight excluding hydrogens is 403 g/mol. The van der Waals surface area contributed by atoms with E-state index in [9.17, 15) is 4.79 Å². The van der Waals surface area contributed by atoms with Crippen LogP contribution >= 0.6 is 0 Å². The number of carbonyl (C=O) groups excluding carboxylic acids is 1. The summed E-state index contributed by atoms with van der Waals surface area (Å²) in [7, 11) is 0. The van der Waals surface area contributed by atoms with E-state index in [1.54, 1.807) is 0 Å². The monoisotopic (exact) mass is 434 g/mol. The van der Waals surface area contributed by atoms with Crippen molar-refractivity contribution in [3.8, 4) is 0 Å². The average Bonchev–Trinajstić information content (AvgIpc) is 2.35. The molecule has 0 aromatic carbocycles. The zero-order valence-electron chi connectivity index (χ0n) is 12.1. The Morgan fingerprint density at radius 2 is 0.944 bits per heavy atom. The van der Waals surface area contributed by atoms with Gasteiger partial charge < -0.3 is 4.79 Å². The fourth-order valence-electron chi connectivity index (χ4n) is 2.21.